The van der Waals surface area contributed by atoms with Gasteiger partial charge in [-0.1, -0.05) is 11.6 Å². The Morgan fingerprint density at radius 2 is 2.12 bits per heavy atom. The van der Waals surface area contributed by atoms with E-state index in [9.17, 15) is 4.79 Å². The number of piperidine rings is 1. The third kappa shape index (κ3) is 2.50. The number of aromatic nitrogens is 2. The van der Waals surface area contributed by atoms with E-state index in [0.717, 1.165) is 31.6 Å². The van der Waals surface area contributed by atoms with Gasteiger partial charge in [0.1, 0.15) is 11.5 Å². The molecular weight excluding hydrogens is 226 g/mol. The molecule has 0 saturated carbocycles. The monoisotopic (exact) mass is 239 g/mol. The highest BCUT2D eigenvalue weighted by Gasteiger charge is 2.22. The third-order valence-corrected chi connectivity index (χ3v) is 3.22. The summed E-state index contributed by atoms with van der Waals surface area (Å²) in [5.41, 5.74) is 0.989. The molecule has 0 atom stereocenters. The van der Waals surface area contributed by atoms with Crippen LogP contribution in [0.2, 0.25) is 5.15 Å². The summed E-state index contributed by atoms with van der Waals surface area (Å²) >= 11 is 5.83. The van der Waals surface area contributed by atoms with Crippen molar-refractivity contribution in [2.45, 2.75) is 25.7 Å². The van der Waals surface area contributed by atoms with Crippen LogP contribution in [0.3, 0.4) is 0 Å². The highest BCUT2D eigenvalue weighted by atomic mass is 35.5. The van der Waals surface area contributed by atoms with Crippen molar-refractivity contribution in [2.24, 2.45) is 0 Å². The van der Waals surface area contributed by atoms with Gasteiger partial charge in [0.2, 0.25) is 5.91 Å². The lowest BCUT2D eigenvalue weighted by molar-refractivity contribution is -0.129. The molecule has 1 aliphatic heterocycles. The van der Waals surface area contributed by atoms with Crippen LogP contribution < -0.4 is 0 Å². The molecule has 1 aliphatic rings. The van der Waals surface area contributed by atoms with Gasteiger partial charge in [-0.15, -0.1) is 0 Å². The first-order chi connectivity index (χ1) is 7.66. The maximum absolute atomic E-state index is 11.2. The van der Waals surface area contributed by atoms with Crippen LogP contribution >= 0.6 is 11.6 Å². The SMILES string of the molecule is CC(=O)N1CCC(c2cc(Cl)ncn2)CC1. The molecule has 1 aromatic rings. The molecule has 4 nitrogen and oxygen atoms in total. The molecule has 5 heteroatoms. The number of hydrogen-bond acceptors (Lipinski definition) is 3. The molecule has 0 aromatic carbocycles. The second-order valence-corrected chi connectivity index (χ2v) is 4.43. The van der Waals surface area contributed by atoms with Crippen LogP contribution in [-0.4, -0.2) is 33.9 Å². The van der Waals surface area contributed by atoms with Crippen LogP contribution in [0.15, 0.2) is 12.4 Å². The Labute approximate surface area is 99.6 Å². The van der Waals surface area contributed by atoms with E-state index < -0.39 is 0 Å². The van der Waals surface area contributed by atoms with E-state index in [1.54, 1.807) is 6.92 Å². The summed E-state index contributed by atoms with van der Waals surface area (Å²) in [5.74, 6) is 0.551. The molecule has 0 bridgehead atoms. The van der Waals surface area contributed by atoms with E-state index in [1.807, 2.05) is 11.0 Å². The van der Waals surface area contributed by atoms with Crippen LogP contribution in [0.25, 0.3) is 0 Å². The lowest BCUT2D eigenvalue weighted by atomic mass is 9.93. The number of carbonyl (C=O) groups excluding carboxylic acids is 1. The van der Waals surface area contributed by atoms with Gasteiger partial charge in [-0.3, -0.25) is 4.79 Å². The standard InChI is InChI=1S/C11H14ClN3O/c1-8(16)15-4-2-9(3-5-15)10-6-11(12)14-7-13-10/h6-7,9H,2-5H2,1H3. The Bertz CT molecular complexity index is 389. The summed E-state index contributed by atoms with van der Waals surface area (Å²) in [6, 6.07) is 1.82. The number of hydrogen-bond donors (Lipinski definition) is 0. The molecule has 0 aliphatic carbocycles. The Kier molecular flexibility index (Phi) is 3.39. The molecular formula is C11H14ClN3O. The zero-order chi connectivity index (χ0) is 11.5. The number of halogens is 1. The Hall–Kier alpha value is -1.16. The molecule has 1 aromatic heterocycles. The molecule has 16 heavy (non-hydrogen) atoms. The average Bonchev–Trinajstić information content (AvgIpc) is 2.29. The van der Waals surface area contributed by atoms with Crippen molar-refractivity contribution >= 4 is 17.5 Å². The number of rotatable bonds is 1. The number of carbonyl (C=O) groups is 1. The number of likely N-dealkylation sites (tertiary alicyclic amines) is 1. The lowest BCUT2D eigenvalue weighted by Crippen LogP contribution is -2.36. The van der Waals surface area contributed by atoms with Crippen molar-refractivity contribution < 1.29 is 4.79 Å². The molecule has 0 spiro atoms. The van der Waals surface area contributed by atoms with Crippen LogP contribution in [0.1, 0.15) is 31.4 Å². The van der Waals surface area contributed by atoms with Crippen molar-refractivity contribution in [1.82, 2.24) is 14.9 Å². The smallest absolute Gasteiger partial charge is 0.219 e. The van der Waals surface area contributed by atoms with E-state index in [0.29, 0.717) is 11.1 Å². The van der Waals surface area contributed by atoms with Crippen LogP contribution in [0.5, 0.6) is 0 Å². The number of amides is 1. The Balaban J connectivity index is 2.01. The summed E-state index contributed by atoms with van der Waals surface area (Å²) in [6.45, 7) is 3.23. The molecule has 2 heterocycles. The lowest BCUT2D eigenvalue weighted by Gasteiger charge is -2.30. The topological polar surface area (TPSA) is 46.1 Å². The molecule has 0 N–H and O–H groups in total. The van der Waals surface area contributed by atoms with Gasteiger partial charge in [-0.05, 0) is 18.9 Å². The first kappa shape index (κ1) is 11.3. The minimum atomic E-state index is 0.152. The van der Waals surface area contributed by atoms with E-state index in [2.05, 4.69) is 9.97 Å². The van der Waals surface area contributed by atoms with Crippen molar-refractivity contribution in [3.05, 3.63) is 23.2 Å². The first-order valence-electron chi connectivity index (χ1n) is 5.40. The maximum Gasteiger partial charge on any atom is 0.219 e. The predicted molar refractivity (Wildman–Crippen MR) is 61.3 cm³/mol. The van der Waals surface area contributed by atoms with Gasteiger partial charge in [-0.2, -0.15) is 0 Å². The van der Waals surface area contributed by atoms with Crippen molar-refractivity contribution in [3.63, 3.8) is 0 Å². The fraction of sp³-hybridized carbons (Fsp3) is 0.545. The largest absolute Gasteiger partial charge is 0.343 e. The fourth-order valence-electron chi connectivity index (χ4n) is 2.06. The van der Waals surface area contributed by atoms with Crippen molar-refractivity contribution in [3.8, 4) is 0 Å². The molecule has 1 fully saturated rings. The summed E-state index contributed by atoms with van der Waals surface area (Å²) < 4.78 is 0. The van der Waals surface area contributed by atoms with E-state index in [-0.39, 0.29) is 5.91 Å². The van der Waals surface area contributed by atoms with Crippen molar-refractivity contribution in [2.75, 3.05) is 13.1 Å². The van der Waals surface area contributed by atoms with Gasteiger partial charge in [0, 0.05) is 31.6 Å². The molecule has 0 radical (unpaired) electrons. The summed E-state index contributed by atoms with van der Waals surface area (Å²) in [7, 11) is 0. The molecule has 2 rings (SSSR count). The highest BCUT2D eigenvalue weighted by molar-refractivity contribution is 6.29. The quantitative estimate of drug-likeness (QED) is 0.703. The second kappa shape index (κ2) is 4.78. The van der Waals surface area contributed by atoms with Crippen LogP contribution in [0.4, 0.5) is 0 Å². The zero-order valence-electron chi connectivity index (χ0n) is 9.19. The average molecular weight is 240 g/mol. The third-order valence-electron chi connectivity index (χ3n) is 3.01. The van der Waals surface area contributed by atoms with Gasteiger partial charge in [0.15, 0.2) is 0 Å². The zero-order valence-corrected chi connectivity index (χ0v) is 9.94. The molecule has 0 unspecified atom stereocenters. The van der Waals surface area contributed by atoms with Crippen LogP contribution in [0, 0.1) is 0 Å². The van der Waals surface area contributed by atoms with Gasteiger partial charge < -0.3 is 4.90 Å². The van der Waals surface area contributed by atoms with Crippen LogP contribution in [-0.2, 0) is 4.79 Å². The first-order valence-corrected chi connectivity index (χ1v) is 5.77. The molecule has 1 saturated heterocycles. The summed E-state index contributed by atoms with van der Waals surface area (Å²) in [5, 5.41) is 0.485. The van der Waals surface area contributed by atoms with E-state index in [1.165, 1.54) is 6.33 Å². The molecule has 1 amide bonds. The summed E-state index contributed by atoms with van der Waals surface area (Å²) in [4.78, 5) is 21.2. The van der Waals surface area contributed by atoms with Gasteiger partial charge >= 0.3 is 0 Å². The Morgan fingerprint density at radius 1 is 1.44 bits per heavy atom. The Morgan fingerprint density at radius 3 is 2.69 bits per heavy atom. The highest BCUT2D eigenvalue weighted by Crippen LogP contribution is 2.27. The van der Waals surface area contributed by atoms with E-state index in [4.69, 9.17) is 11.6 Å². The minimum Gasteiger partial charge on any atom is -0.343 e. The van der Waals surface area contributed by atoms with Gasteiger partial charge in [0.05, 0.1) is 0 Å². The van der Waals surface area contributed by atoms with Gasteiger partial charge in [0.25, 0.3) is 0 Å². The maximum atomic E-state index is 11.2. The van der Waals surface area contributed by atoms with Crippen molar-refractivity contribution in [1.29, 1.82) is 0 Å². The van der Waals surface area contributed by atoms with Gasteiger partial charge in [-0.25, -0.2) is 9.97 Å². The predicted octanol–water partition coefficient (Wildman–Crippen LogP) is 1.86. The second-order valence-electron chi connectivity index (χ2n) is 4.05. The number of nitrogens with zero attached hydrogens (tertiary/aromatic N) is 3. The summed E-state index contributed by atoms with van der Waals surface area (Å²) in [6.07, 6.45) is 3.40. The molecule has 86 valence electrons. The normalized spacial score (nSPS) is 17.5. The minimum absolute atomic E-state index is 0.152. The fourth-order valence-corrected chi connectivity index (χ4v) is 2.22. The van der Waals surface area contributed by atoms with E-state index >= 15 is 0 Å².